The van der Waals surface area contributed by atoms with Gasteiger partial charge in [0, 0.05) is 6.42 Å². The zero-order valence-corrected chi connectivity index (χ0v) is 5.13. The molecule has 0 N–H and O–H groups in total. The number of carbonyl (C=O) groups excluding carboxylic acids is 1. The van der Waals surface area contributed by atoms with Crippen molar-refractivity contribution in [3.05, 3.63) is 24.8 Å². The van der Waals surface area contributed by atoms with E-state index >= 15 is 0 Å². The number of rotatable bonds is 2. The van der Waals surface area contributed by atoms with Crippen LogP contribution in [0.5, 0.6) is 0 Å². The minimum atomic E-state index is 0.436. The smallest absolute Gasteiger partial charge is 0.123 e. The first-order chi connectivity index (χ1) is 4.41. The van der Waals surface area contributed by atoms with E-state index in [-0.39, 0.29) is 0 Å². The summed E-state index contributed by atoms with van der Waals surface area (Å²) in [6.07, 6.45) is 6.10. The SMILES string of the molecule is C=CC#C/C=C\CC=O. The second-order valence-electron chi connectivity index (χ2n) is 1.30. The largest absolute Gasteiger partial charge is 0.303 e. The minimum absolute atomic E-state index is 0.436. The van der Waals surface area contributed by atoms with Gasteiger partial charge in [-0.2, -0.15) is 0 Å². The van der Waals surface area contributed by atoms with Crippen molar-refractivity contribution in [3.8, 4) is 11.8 Å². The van der Waals surface area contributed by atoms with Crippen molar-refractivity contribution in [2.45, 2.75) is 6.42 Å². The molecule has 0 aliphatic rings. The Labute approximate surface area is 55.1 Å². The minimum Gasteiger partial charge on any atom is -0.303 e. The molecule has 46 valence electrons. The van der Waals surface area contributed by atoms with Crippen LogP contribution >= 0.6 is 0 Å². The Kier molecular flexibility index (Phi) is 5.75. The van der Waals surface area contributed by atoms with Crippen LogP contribution in [0.15, 0.2) is 24.8 Å². The molecule has 0 amide bonds. The Morgan fingerprint density at radius 2 is 2.22 bits per heavy atom. The lowest BCUT2D eigenvalue weighted by Gasteiger charge is -1.67. The fourth-order valence-corrected chi connectivity index (χ4v) is 0.290. The van der Waals surface area contributed by atoms with Crippen molar-refractivity contribution < 1.29 is 4.79 Å². The van der Waals surface area contributed by atoms with Crippen molar-refractivity contribution in [3.63, 3.8) is 0 Å². The third kappa shape index (κ3) is 6.71. The zero-order valence-electron chi connectivity index (χ0n) is 5.13. The van der Waals surface area contributed by atoms with E-state index in [1.54, 1.807) is 12.2 Å². The molecule has 0 aromatic carbocycles. The normalized spacial score (nSPS) is 8.00. The molecule has 0 heterocycles. The van der Waals surface area contributed by atoms with Gasteiger partial charge in [-0.05, 0) is 12.2 Å². The van der Waals surface area contributed by atoms with Gasteiger partial charge < -0.3 is 4.79 Å². The lowest BCUT2D eigenvalue weighted by molar-refractivity contribution is -0.107. The summed E-state index contributed by atoms with van der Waals surface area (Å²) < 4.78 is 0. The average Bonchev–Trinajstić information content (AvgIpc) is 1.89. The van der Waals surface area contributed by atoms with E-state index in [4.69, 9.17) is 0 Å². The lowest BCUT2D eigenvalue weighted by atomic mass is 10.4. The van der Waals surface area contributed by atoms with Crippen LogP contribution in [0.1, 0.15) is 6.42 Å². The topological polar surface area (TPSA) is 17.1 Å². The van der Waals surface area contributed by atoms with Crippen LogP contribution < -0.4 is 0 Å². The van der Waals surface area contributed by atoms with E-state index in [0.717, 1.165) is 6.29 Å². The molecule has 0 spiro atoms. The van der Waals surface area contributed by atoms with Crippen molar-refractivity contribution in [2.75, 3.05) is 0 Å². The molecular weight excluding hydrogens is 112 g/mol. The van der Waals surface area contributed by atoms with Crippen LogP contribution in [0.4, 0.5) is 0 Å². The first-order valence-corrected chi connectivity index (χ1v) is 2.62. The highest BCUT2D eigenvalue weighted by molar-refractivity contribution is 5.52. The number of allylic oxidation sites excluding steroid dienone is 3. The fourth-order valence-electron chi connectivity index (χ4n) is 0.290. The van der Waals surface area contributed by atoms with E-state index in [1.165, 1.54) is 6.08 Å². The van der Waals surface area contributed by atoms with Crippen LogP contribution in [0, 0.1) is 11.8 Å². The van der Waals surface area contributed by atoms with Gasteiger partial charge >= 0.3 is 0 Å². The van der Waals surface area contributed by atoms with Gasteiger partial charge in [0.15, 0.2) is 0 Å². The maximum atomic E-state index is 9.72. The van der Waals surface area contributed by atoms with Gasteiger partial charge in [-0.3, -0.25) is 0 Å². The fraction of sp³-hybridized carbons (Fsp3) is 0.125. The summed E-state index contributed by atoms with van der Waals surface area (Å²) in [6, 6.07) is 0. The van der Waals surface area contributed by atoms with Gasteiger partial charge in [0.05, 0.1) is 0 Å². The van der Waals surface area contributed by atoms with Gasteiger partial charge in [-0.15, -0.1) is 0 Å². The number of hydrogen-bond acceptors (Lipinski definition) is 1. The van der Waals surface area contributed by atoms with Gasteiger partial charge in [0.25, 0.3) is 0 Å². The second kappa shape index (κ2) is 6.71. The maximum absolute atomic E-state index is 9.72. The highest BCUT2D eigenvalue weighted by atomic mass is 16.1. The van der Waals surface area contributed by atoms with E-state index in [1.807, 2.05) is 0 Å². The van der Waals surface area contributed by atoms with E-state index in [0.29, 0.717) is 6.42 Å². The highest BCUT2D eigenvalue weighted by Gasteiger charge is 1.65. The quantitative estimate of drug-likeness (QED) is 0.397. The molecule has 0 unspecified atom stereocenters. The predicted octanol–water partition coefficient (Wildman–Crippen LogP) is 1.32. The monoisotopic (exact) mass is 120 g/mol. The van der Waals surface area contributed by atoms with E-state index in [2.05, 4.69) is 18.4 Å². The summed E-state index contributed by atoms with van der Waals surface area (Å²) >= 11 is 0. The van der Waals surface area contributed by atoms with Gasteiger partial charge in [0.1, 0.15) is 6.29 Å². The average molecular weight is 120 g/mol. The number of aldehydes is 1. The Morgan fingerprint density at radius 1 is 1.44 bits per heavy atom. The molecule has 9 heavy (non-hydrogen) atoms. The molecule has 1 heteroatoms. The second-order valence-corrected chi connectivity index (χ2v) is 1.30. The molecule has 0 aromatic heterocycles. The predicted molar refractivity (Wildman–Crippen MR) is 37.8 cm³/mol. The van der Waals surface area contributed by atoms with Gasteiger partial charge in [-0.25, -0.2) is 0 Å². The Bertz CT molecular complexity index is 167. The summed E-state index contributed by atoms with van der Waals surface area (Å²) in [4.78, 5) is 9.72. The number of hydrogen-bond donors (Lipinski definition) is 0. The molecule has 0 aliphatic carbocycles. The molecule has 0 atom stereocenters. The number of carbonyl (C=O) groups is 1. The summed E-state index contributed by atoms with van der Waals surface area (Å²) in [5.74, 6) is 5.28. The standard InChI is InChI=1S/C8H8O/c1-2-3-4-5-6-7-8-9/h2,5-6,8H,1,7H2/b6-5-. The van der Waals surface area contributed by atoms with Crippen LogP contribution in [0.2, 0.25) is 0 Å². The third-order valence-electron chi connectivity index (χ3n) is 0.619. The lowest BCUT2D eigenvalue weighted by Crippen LogP contribution is -1.63. The Morgan fingerprint density at radius 3 is 2.78 bits per heavy atom. The molecule has 0 radical (unpaired) electrons. The molecule has 0 aliphatic heterocycles. The molecular formula is C8H8O. The molecule has 0 rings (SSSR count). The van der Waals surface area contributed by atoms with Crippen LogP contribution in [0.3, 0.4) is 0 Å². The summed E-state index contributed by atoms with van der Waals surface area (Å²) in [5.41, 5.74) is 0. The van der Waals surface area contributed by atoms with Gasteiger partial charge in [0.2, 0.25) is 0 Å². The maximum Gasteiger partial charge on any atom is 0.123 e. The first-order valence-electron chi connectivity index (χ1n) is 2.62. The molecule has 0 bridgehead atoms. The highest BCUT2D eigenvalue weighted by Crippen LogP contribution is 1.74. The van der Waals surface area contributed by atoms with Crippen LogP contribution in [-0.4, -0.2) is 6.29 Å². The zero-order chi connectivity index (χ0) is 6.95. The molecule has 0 saturated heterocycles. The summed E-state index contributed by atoms with van der Waals surface area (Å²) in [6.45, 7) is 3.40. The summed E-state index contributed by atoms with van der Waals surface area (Å²) in [7, 11) is 0. The van der Waals surface area contributed by atoms with Crippen molar-refractivity contribution in [1.29, 1.82) is 0 Å². The molecule has 0 saturated carbocycles. The van der Waals surface area contributed by atoms with Crippen LogP contribution in [-0.2, 0) is 4.79 Å². The van der Waals surface area contributed by atoms with Gasteiger partial charge in [-0.1, -0.05) is 24.5 Å². The Balaban J connectivity index is 3.45. The third-order valence-corrected chi connectivity index (χ3v) is 0.619. The van der Waals surface area contributed by atoms with Crippen LogP contribution in [0.25, 0.3) is 0 Å². The van der Waals surface area contributed by atoms with E-state index < -0.39 is 0 Å². The molecule has 1 nitrogen and oxygen atoms in total. The van der Waals surface area contributed by atoms with Crippen molar-refractivity contribution in [2.24, 2.45) is 0 Å². The summed E-state index contributed by atoms with van der Waals surface area (Å²) in [5, 5.41) is 0. The molecule has 0 fully saturated rings. The first kappa shape index (κ1) is 7.71. The van der Waals surface area contributed by atoms with Crippen molar-refractivity contribution >= 4 is 6.29 Å². The molecule has 0 aromatic rings. The Hall–Kier alpha value is -1.29. The van der Waals surface area contributed by atoms with E-state index in [9.17, 15) is 4.79 Å². The van der Waals surface area contributed by atoms with Crippen molar-refractivity contribution in [1.82, 2.24) is 0 Å².